The van der Waals surface area contributed by atoms with Crippen molar-refractivity contribution in [3.63, 3.8) is 0 Å². The van der Waals surface area contributed by atoms with Crippen molar-refractivity contribution in [1.29, 1.82) is 0 Å². The topological polar surface area (TPSA) is 32.5 Å². The van der Waals surface area contributed by atoms with Crippen LogP contribution in [-0.2, 0) is 6.54 Å². The molecule has 0 amide bonds. The standard InChI is InChI=1S/C16H25N3/c17-13-14-3-5-15(6-4-14)19(16-7-8-16)12-11-18-9-1-2-10-18/h3-6,16H,1-2,7-13,17H2. The van der Waals surface area contributed by atoms with Crippen LogP contribution < -0.4 is 10.6 Å². The monoisotopic (exact) mass is 259 g/mol. The second-order valence-electron chi connectivity index (χ2n) is 5.84. The first kappa shape index (κ1) is 12.9. The van der Waals surface area contributed by atoms with Crippen LogP contribution in [0.1, 0.15) is 31.2 Å². The van der Waals surface area contributed by atoms with Crippen molar-refractivity contribution in [2.24, 2.45) is 5.73 Å². The van der Waals surface area contributed by atoms with Gasteiger partial charge in [-0.15, -0.1) is 0 Å². The highest BCUT2D eigenvalue weighted by atomic mass is 15.2. The van der Waals surface area contributed by atoms with Gasteiger partial charge in [-0.25, -0.2) is 0 Å². The van der Waals surface area contributed by atoms with E-state index in [-0.39, 0.29) is 0 Å². The largest absolute Gasteiger partial charge is 0.367 e. The minimum Gasteiger partial charge on any atom is -0.367 e. The Labute approximate surface area is 116 Å². The van der Waals surface area contributed by atoms with Crippen LogP contribution in [0.2, 0.25) is 0 Å². The number of nitrogens with zero attached hydrogens (tertiary/aromatic N) is 2. The first-order valence-corrected chi connectivity index (χ1v) is 7.65. The Morgan fingerprint density at radius 1 is 1.11 bits per heavy atom. The Morgan fingerprint density at radius 3 is 2.37 bits per heavy atom. The molecule has 0 unspecified atom stereocenters. The summed E-state index contributed by atoms with van der Waals surface area (Å²) >= 11 is 0. The van der Waals surface area contributed by atoms with Gasteiger partial charge in [0, 0.05) is 31.4 Å². The van der Waals surface area contributed by atoms with Crippen LogP contribution in [0, 0.1) is 0 Å². The third kappa shape index (κ3) is 3.28. The fourth-order valence-corrected chi connectivity index (χ4v) is 2.99. The molecule has 0 aromatic heterocycles. The highest BCUT2D eigenvalue weighted by Gasteiger charge is 2.29. The van der Waals surface area contributed by atoms with Gasteiger partial charge in [-0.3, -0.25) is 0 Å². The summed E-state index contributed by atoms with van der Waals surface area (Å²) in [6, 6.07) is 9.60. The third-order valence-corrected chi connectivity index (χ3v) is 4.35. The molecule has 0 spiro atoms. The molecule has 2 N–H and O–H groups in total. The van der Waals surface area contributed by atoms with Crippen LogP contribution in [-0.4, -0.2) is 37.1 Å². The van der Waals surface area contributed by atoms with E-state index in [0.717, 1.165) is 6.04 Å². The molecule has 3 heteroatoms. The Kier molecular flexibility index (Phi) is 4.04. The number of hydrogen-bond acceptors (Lipinski definition) is 3. The van der Waals surface area contributed by atoms with Crippen LogP contribution in [0.5, 0.6) is 0 Å². The van der Waals surface area contributed by atoms with Crippen molar-refractivity contribution in [2.75, 3.05) is 31.1 Å². The number of nitrogens with two attached hydrogens (primary N) is 1. The van der Waals surface area contributed by atoms with E-state index in [4.69, 9.17) is 5.73 Å². The van der Waals surface area contributed by atoms with Crippen molar-refractivity contribution in [2.45, 2.75) is 38.3 Å². The van der Waals surface area contributed by atoms with E-state index in [1.165, 1.54) is 63.1 Å². The molecule has 0 bridgehead atoms. The molecule has 1 aliphatic heterocycles. The summed E-state index contributed by atoms with van der Waals surface area (Å²) in [7, 11) is 0. The summed E-state index contributed by atoms with van der Waals surface area (Å²) in [5.41, 5.74) is 8.26. The molecule has 1 heterocycles. The fourth-order valence-electron chi connectivity index (χ4n) is 2.99. The zero-order chi connectivity index (χ0) is 13.1. The second-order valence-corrected chi connectivity index (χ2v) is 5.84. The molecule has 1 saturated heterocycles. The van der Waals surface area contributed by atoms with E-state index in [1.807, 2.05) is 0 Å². The zero-order valence-corrected chi connectivity index (χ0v) is 11.7. The minimum atomic E-state index is 0.636. The van der Waals surface area contributed by atoms with Gasteiger partial charge in [0.25, 0.3) is 0 Å². The zero-order valence-electron chi connectivity index (χ0n) is 11.7. The average Bonchev–Trinajstić information content (AvgIpc) is 3.15. The van der Waals surface area contributed by atoms with E-state index < -0.39 is 0 Å². The van der Waals surface area contributed by atoms with Crippen LogP contribution in [0.4, 0.5) is 5.69 Å². The normalized spacial score (nSPS) is 19.8. The molecule has 3 nitrogen and oxygen atoms in total. The van der Waals surface area contributed by atoms with Crippen LogP contribution in [0.25, 0.3) is 0 Å². The van der Waals surface area contributed by atoms with Crippen molar-refractivity contribution >= 4 is 5.69 Å². The average molecular weight is 259 g/mol. The molecule has 2 fully saturated rings. The number of benzene rings is 1. The molecule has 3 rings (SSSR count). The predicted molar refractivity (Wildman–Crippen MR) is 80.4 cm³/mol. The predicted octanol–water partition coefficient (Wildman–Crippen LogP) is 2.21. The van der Waals surface area contributed by atoms with Crippen molar-refractivity contribution < 1.29 is 0 Å². The maximum atomic E-state index is 5.67. The van der Waals surface area contributed by atoms with Crippen molar-refractivity contribution in [3.8, 4) is 0 Å². The Balaban J connectivity index is 1.62. The number of likely N-dealkylation sites (tertiary alicyclic amines) is 1. The lowest BCUT2D eigenvalue weighted by Crippen LogP contribution is -2.35. The number of hydrogen-bond donors (Lipinski definition) is 1. The molecule has 0 radical (unpaired) electrons. The molecule has 2 aliphatic rings. The van der Waals surface area contributed by atoms with Gasteiger partial charge in [-0.2, -0.15) is 0 Å². The van der Waals surface area contributed by atoms with E-state index in [2.05, 4.69) is 34.1 Å². The SMILES string of the molecule is NCc1ccc(N(CCN2CCCC2)C2CC2)cc1. The van der Waals surface area contributed by atoms with E-state index in [9.17, 15) is 0 Å². The molecule has 0 atom stereocenters. The highest BCUT2D eigenvalue weighted by Crippen LogP contribution is 2.31. The molecule has 1 aliphatic carbocycles. The summed E-state index contributed by atoms with van der Waals surface area (Å²) < 4.78 is 0. The van der Waals surface area contributed by atoms with Crippen molar-refractivity contribution in [1.82, 2.24) is 4.90 Å². The van der Waals surface area contributed by atoms with E-state index in [0.29, 0.717) is 6.54 Å². The van der Waals surface area contributed by atoms with Gasteiger partial charge < -0.3 is 15.5 Å². The van der Waals surface area contributed by atoms with Crippen molar-refractivity contribution in [3.05, 3.63) is 29.8 Å². The minimum absolute atomic E-state index is 0.636. The Hall–Kier alpha value is -1.06. The molecule has 19 heavy (non-hydrogen) atoms. The lowest BCUT2D eigenvalue weighted by molar-refractivity contribution is 0.344. The molecule has 1 saturated carbocycles. The third-order valence-electron chi connectivity index (χ3n) is 4.35. The first-order chi connectivity index (χ1) is 9.36. The molecular formula is C16H25N3. The Morgan fingerprint density at radius 2 is 1.79 bits per heavy atom. The highest BCUT2D eigenvalue weighted by molar-refractivity contribution is 5.49. The van der Waals surface area contributed by atoms with Gasteiger partial charge >= 0.3 is 0 Å². The van der Waals surface area contributed by atoms with Gasteiger partial charge in [-0.05, 0) is 56.5 Å². The molecular weight excluding hydrogens is 234 g/mol. The summed E-state index contributed by atoms with van der Waals surface area (Å²) in [4.78, 5) is 5.20. The van der Waals surface area contributed by atoms with Gasteiger partial charge in [0.1, 0.15) is 0 Å². The molecule has 104 valence electrons. The molecule has 1 aromatic carbocycles. The summed E-state index contributed by atoms with van der Waals surface area (Å²) in [5, 5.41) is 0. The summed E-state index contributed by atoms with van der Waals surface area (Å²) in [6.07, 6.45) is 5.49. The van der Waals surface area contributed by atoms with Gasteiger partial charge in [0.15, 0.2) is 0 Å². The molecule has 1 aromatic rings. The van der Waals surface area contributed by atoms with E-state index in [1.54, 1.807) is 0 Å². The van der Waals surface area contributed by atoms with Crippen LogP contribution >= 0.6 is 0 Å². The quantitative estimate of drug-likeness (QED) is 0.850. The second kappa shape index (κ2) is 5.93. The lowest BCUT2D eigenvalue weighted by atomic mass is 10.2. The van der Waals surface area contributed by atoms with E-state index >= 15 is 0 Å². The fraction of sp³-hybridized carbons (Fsp3) is 0.625. The lowest BCUT2D eigenvalue weighted by Gasteiger charge is -2.27. The number of rotatable bonds is 6. The van der Waals surface area contributed by atoms with Gasteiger partial charge in [0.2, 0.25) is 0 Å². The van der Waals surface area contributed by atoms with Crippen LogP contribution in [0.15, 0.2) is 24.3 Å². The maximum absolute atomic E-state index is 5.67. The Bertz CT molecular complexity index is 391. The summed E-state index contributed by atoms with van der Waals surface area (Å²) in [6.45, 7) is 5.62. The smallest absolute Gasteiger partial charge is 0.0369 e. The van der Waals surface area contributed by atoms with Gasteiger partial charge in [0.05, 0.1) is 0 Å². The summed E-state index contributed by atoms with van der Waals surface area (Å²) in [5.74, 6) is 0. The first-order valence-electron chi connectivity index (χ1n) is 7.65. The van der Waals surface area contributed by atoms with Gasteiger partial charge in [-0.1, -0.05) is 12.1 Å². The maximum Gasteiger partial charge on any atom is 0.0369 e. The van der Waals surface area contributed by atoms with Crippen LogP contribution in [0.3, 0.4) is 0 Å². The number of anilines is 1.